The van der Waals surface area contributed by atoms with Gasteiger partial charge < -0.3 is 8.83 Å². The van der Waals surface area contributed by atoms with Gasteiger partial charge in [0.2, 0.25) is 23.6 Å². The first-order valence-electron chi connectivity index (χ1n) is 7.91. The molecule has 0 radical (unpaired) electrons. The second-order valence-corrected chi connectivity index (χ2v) is 5.99. The summed E-state index contributed by atoms with van der Waals surface area (Å²) in [6, 6.07) is 13.8. The lowest BCUT2D eigenvalue weighted by molar-refractivity contribution is 0.532. The maximum Gasteiger partial charge on any atom is 0.248 e. The molecule has 0 saturated carbocycles. The summed E-state index contributed by atoms with van der Waals surface area (Å²) in [7, 11) is 0. The van der Waals surface area contributed by atoms with Crippen LogP contribution in [0.4, 0.5) is 0 Å². The van der Waals surface area contributed by atoms with Gasteiger partial charge in [-0.05, 0) is 49.7 Å². The summed E-state index contributed by atoms with van der Waals surface area (Å²) in [6.07, 6.45) is 0. The topological polar surface area (TPSA) is 77.8 Å². The Labute approximate surface area is 144 Å². The molecule has 0 fully saturated rings. The van der Waals surface area contributed by atoms with Gasteiger partial charge in [-0.2, -0.15) is 0 Å². The molecule has 0 aliphatic carbocycles. The summed E-state index contributed by atoms with van der Waals surface area (Å²) in [5, 5.41) is 16.3. The van der Waals surface area contributed by atoms with E-state index in [2.05, 4.69) is 20.4 Å². The fourth-order valence-corrected chi connectivity index (χ4v) is 2.60. The van der Waals surface area contributed by atoms with E-state index in [9.17, 15) is 0 Å². The van der Waals surface area contributed by atoms with Crippen LogP contribution in [-0.2, 0) is 0 Å². The lowest BCUT2D eigenvalue weighted by Crippen LogP contribution is -1.85. The highest BCUT2D eigenvalue weighted by Gasteiger charge is 2.14. The number of rotatable bonds is 3. The first-order valence-corrected chi connectivity index (χ1v) is 7.91. The highest BCUT2D eigenvalue weighted by atomic mass is 16.4. The van der Waals surface area contributed by atoms with Crippen LogP contribution in [0.2, 0.25) is 0 Å². The van der Waals surface area contributed by atoms with E-state index in [1.165, 1.54) is 5.56 Å². The van der Waals surface area contributed by atoms with Crippen molar-refractivity contribution in [2.75, 3.05) is 0 Å². The molecule has 0 spiro atoms. The molecule has 0 saturated heterocycles. The normalized spacial score (nSPS) is 11.0. The molecule has 4 aromatic rings. The van der Waals surface area contributed by atoms with Crippen molar-refractivity contribution in [2.24, 2.45) is 0 Å². The fraction of sp³-hybridized carbons (Fsp3) is 0.158. The predicted octanol–water partition coefficient (Wildman–Crippen LogP) is 4.38. The molecule has 6 nitrogen and oxygen atoms in total. The van der Waals surface area contributed by atoms with Crippen LogP contribution in [0.1, 0.15) is 17.0 Å². The number of hydrogen-bond acceptors (Lipinski definition) is 6. The largest absolute Gasteiger partial charge is 0.421 e. The number of aromatic nitrogens is 4. The average Bonchev–Trinajstić information content (AvgIpc) is 3.24. The zero-order chi connectivity index (χ0) is 17.4. The molecule has 2 aromatic heterocycles. The fourth-order valence-electron chi connectivity index (χ4n) is 2.60. The first-order chi connectivity index (χ1) is 12.1. The van der Waals surface area contributed by atoms with Gasteiger partial charge in [-0.3, -0.25) is 0 Å². The number of hydrogen-bond donors (Lipinski definition) is 0. The highest BCUT2D eigenvalue weighted by molar-refractivity contribution is 5.66. The van der Waals surface area contributed by atoms with E-state index >= 15 is 0 Å². The van der Waals surface area contributed by atoms with Gasteiger partial charge >= 0.3 is 0 Å². The van der Waals surface area contributed by atoms with E-state index in [4.69, 9.17) is 8.83 Å². The summed E-state index contributed by atoms with van der Waals surface area (Å²) in [4.78, 5) is 0. The standard InChI is InChI=1S/C19H16N4O2/c1-11-4-6-14(7-5-11)17-22-23-19(25-17)16-9-12(2)8-15(10-16)18-21-20-13(3)24-18/h4-10H,1-3H3. The molecular formula is C19H16N4O2. The molecule has 6 heteroatoms. The highest BCUT2D eigenvalue weighted by Crippen LogP contribution is 2.29. The predicted molar refractivity (Wildman–Crippen MR) is 92.7 cm³/mol. The lowest BCUT2D eigenvalue weighted by Gasteiger charge is -2.02. The maximum absolute atomic E-state index is 5.86. The Morgan fingerprint density at radius 1 is 0.560 bits per heavy atom. The molecule has 0 aliphatic rings. The van der Waals surface area contributed by atoms with Gasteiger partial charge in [0, 0.05) is 23.6 Å². The molecule has 2 aromatic carbocycles. The molecule has 124 valence electrons. The van der Waals surface area contributed by atoms with Crippen molar-refractivity contribution in [2.45, 2.75) is 20.8 Å². The minimum atomic E-state index is 0.455. The molecular weight excluding hydrogens is 316 g/mol. The van der Waals surface area contributed by atoms with Crippen LogP contribution in [0, 0.1) is 20.8 Å². The van der Waals surface area contributed by atoms with E-state index in [-0.39, 0.29) is 0 Å². The third-order valence-electron chi connectivity index (χ3n) is 3.82. The van der Waals surface area contributed by atoms with Crippen LogP contribution in [-0.4, -0.2) is 20.4 Å². The zero-order valence-electron chi connectivity index (χ0n) is 14.1. The van der Waals surface area contributed by atoms with Gasteiger partial charge in [0.05, 0.1) is 0 Å². The van der Waals surface area contributed by atoms with Crippen LogP contribution in [0.25, 0.3) is 34.4 Å². The summed E-state index contributed by atoms with van der Waals surface area (Å²) in [5.41, 5.74) is 4.76. The summed E-state index contributed by atoms with van der Waals surface area (Å²) in [5.74, 6) is 1.95. The SMILES string of the molecule is Cc1ccc(-c2nnc(-c3cc(C)cc(-c4nnc(C)o4)c3)o2)cc1. The molecule has 0 atom stereocenters. The number of aryl methyl sites for hydroxylation is 3. The van der Waals surface area contributed by atoms with E-state index in [1.54, 1.807) is 6.92 Å². The Hall–Kier alpha value is -3.28. The van der Waals surface area contributed by atoms with E-state index in [0.29, 0.717) is 23.6 Å². The molecule has 0 bridgehead atoms. The van der Waals surface area contributed by atoms with Crippen molar-refractivity contribution in [3.05, 3.63) is 59.5 Å². The van der Waals surface area contributed by atoms with Crippen LogP contribution in [0.15, 0.2) is 51.3 Å². The van der Waals surface area contributed by atoms with Crippen molar-refractivity contribution >= 4 is 0 Å². The Morgan fingerprint density at radius 3 is 1.72 bits per heavy atom. The molecule has 4 rings (SSSR count). The number of nitrogens with zero attached hydrogens (tertiary/aromatic N) is 4. The minimum Gasteiger partial charge on any atom is -0.421 e. The third kappa shape index (κ3) is 3.06. The van der Waals surface area contributed by atoms with E-state index in [0.717, 1.165) is 22.3 Å². The molecule has 25 heavy (non-hydrogen) atoms. The second-order valence-electron chi connectivity index (χ2n) is 5.99. The Balaban J connectivity index is 1.73. The van der Waals surface area contributed by atoms with Gasteiger partial charge in [-0.1, -0.05) is 17.7 Å². The molecule has 0 amide bonds. The van der Waals surface area contributed by atoms with Crippen LogP contribution >= 0.6 is 0 Å². The Kier molecular flexibility index (Phi) is 3.65. The third-order valence-corrected chi connectivity index (χ3v) is 3.82. The van der Waals surface area contributed by atoms with Gasteiger partial charge in [0.25, 0.3) is 0 Å². The molecule has 0 N–H and O–H groups in total. The van der Waals surface area contributed by atoms with Gasteiger partial charge in [0.1, 0.15) is 0 Å². The maximum atomic E-state index is 5.86. The van der Waals surface area contributed by atoms with Crippen molar-refractivity contribution in [1.29, 1.82) is 0 Å². The van der Waals surface area contributed by atoms with E-state index < -0.39 is 0 Å². The second kappa shape index (κ2) is 5.98. The summed E-state index contributed by atoms with van der Waals surface area (Å²) in [6.45, 7) is 5.79. The van der Waals surface area contributed by atoms with Crippen molar-refractivity contribution < 1.29 is 8.83 Å². The van der Waals surface area contributed by atoms with Crippen molar-refractivity contribution in [1.82, 2.24) is 20.4 Å². The van der Waals surface area contributed by atoms with Gasteiger partial charge in [-0.15, -0.1) is 20.4 Å². The minimum absolute atomic E-state index is 0.455. The molecule has 2 heterocycles. The van der Waals surface area contributed by atoms with Crippen LogP contribution < -0.4 is 0 Å². The van der Waals surface area contributed by atoms with Crippen LogP contribution in [0.5, 0.6) is 0 Å². The van der Waals surface area contributed by atoms with Crippen LogP contribution in [0.3, 0.4) is 0 Å². The zero-order valence-corrected chi connectivity index (χ0v) is 14.1. The number of benzene rings is 2. The monoisotopic (exact) mass is 332 g/mol. The quantitative estimate of drug-likeness (QED) is 0.554. The summed E-state index contributed by atoms with van der Waals surface area (Å²) < 4.78 is 11.4. The Morgan fingerprint density at radius 2 is 1.12 bits per heavy atom. The molecule has 0 aliphatic heterocycles. The van der Waals surface area contributed by atoms with Crippen molar-refractivity contribution in [3.8, 4) is 34.4 Å². The lowest BCUT2D eigenvalue weighted by atomic mass is 10.1. The van der Waals surface area contributed by atoms with Gasteiger partial charge in [0.15, 0.2) is 0 Å². The average molecular weight is 332 g/mol. The van der Waals surface area contributed by atoms with E-state index in [1.807, 2.05) is 56.3 Å². The summed E-state index contributed by atoms with van der Waals surface area (Å²) >= 11 is 0. The Bertz CT molecular complexity index is 1030. The first kappa shape index (κ1) is 15.3. The smallest absolute Gasteiger partial charge is 0.248 e. The molecule has 0 unspecified atom stereocenters. The van der Waals surface area contributed by atoms with Crippen molar-refractivity contribution in [3.63, 3.8) is 0 Å². The van der Waals surface area contributed by atoms with Gasteiger partial charge in [-0.25, -0.2) is 0 Å².